The highest BCUT2D eigenvalue weighted by Gasteiger charge is 2.25. The fraction of sp³-hybridized carbons (Fsp3) is 0.167. The lowest BCUT2D eigenvalue weighted by Crippen LogP contribution is -2.33. The Morgan fingerprint density at radius 2 is 2.11 bits per heavy atom. The topological polar surface area (TPSA) is 116 Å². The molecule has 0 aliphatic carbocycles. The van der Waals surface area contributed by atoms with Gasteiger partial charge in [0.15, 0.2) is 12.4 Å². The van der Waals surface area contributed by atoms with Gasteiger partial charge in [0.1, 0.15) is 6.10 Å². The van der Waals surface area contributed by atoms with Gasteiger partial charge in [0.2, 0.25) is 5.91 Å². The molecule has 2 rings (SSSR count). The number of nitrogens with one attached hydrogen (secondary N) is 1. The number of aliphatic hydroxyl groups is 2. The largest absolute Gasteiger partial charge is 0.385 e. The Morgan fingerprint density at radius 3 is 2.72 bits per heavy atom. The molecule has 6 nitrogen and oxygen atoms in total. The first-order chi connectivity index (χ1) is 8.56. The van der Waals surface area contributed by atoms with E-state index >= 15 is 0 Å². The van der Waals surface area contributed by atoms with Crippen LogP contribution in [0.3, 0.4) is 0 Å². The average molecular weight is 248 g/mol. The molecule has 0 radical (unpaired) electrons. The zero-order chi connectivity index (χ0) is 13.3. The maximum atomic E-state index is 10.9. The van der Waals surface area contributed by atoms with Crippen molar-refractivity contribution in [1.29, 1.82) is 0 Å². The number of benzene rings is 1. The fourth-order valence-electron chi connectivity index (χ4n) is 1.91. The second kappa shape index (κ2) is 4.59. The van der Waals surface area contributed by atoms with Crippen molar-refractivity contribution in [2.45, 2.75) is 12.2 Å². The number of carbonyl (C=O) groups excluding carboxylic acids is 2. The number of amides is 1. The number of carbonyl (C=O) groups is 2. The van der Waals surface area contributed by atoms with E-state index in [1.165, 1.54) is 12.3 Å². The van der Waals surface area contributed by atoms with Gasteiger partial charge in [0.05, 0.1) is 0 Å². The maximum absolute atomic E-state index is 10.9. The van der Waals surface area contributed by atoms with Crippen molar-refractivity contribution in [2.75, 3.05) is 0 Å². The number of aromatic amines is 1. The van der Waals surface area contributed by atoms with Crippen molar-refractivity contribution in [3.63, 3.8) is 0 Å². The zero-order valence-electron chi connectivity index (χ0n) is 9.33. The number of fused-ring (bicyclic) bond motifs is 1. The van der Waals surface area contributed by atoms with Crippen LogP contribution in [0.2, 0.25) is 0 Å². The summed E-state index contributed by atoms with van der Waals surface area (Å²) in [4.78, 5) is 24.6. The molecule has 0 fully saturated rings. The highest BCUT2D eigenvalue weighted by Crippen LogP contribution is 2.28. The van der Waals surface area contributed by atoms with E-state index < -0.39 is 18.1 Å². The molecular weight excluding hydrogens is 236 g/mol. The number of hydrogen-bond donors (Lipinski definition) is 4. The molecule has 1 heterocycles. The van der Waals surface area contributed by atoms with Crippen LogP contribution in [0.25, 0.3) is 10.9 Å². The SMILES string of the molecule is NC(=O)C(O)C(O)c1cccc2[nH]cc(C=O)c12. The summed E-state index contributed by atoms with van der Waals surface area (Å²) >= 11 is 0. The summed E-state index contributed by atoms with van der Waals surface area (Å²) in [6.07, 6.45) is -1.07. The van der Waals surface area contributed by atoms with Gasteiger partial charge in [-0.15, -0.1) is 0 Å². The van der Waals surface area contributed by atoms with E-state index in [2.05, 4.69) is 4.98 Å². The normalized spacial score (nSPS) is 14.3. The maximum Gasteiger partial charge on any atom is 0.249 e. The second-order valence-electron chi connectivity index (χ2n) is 3.92. The van der Waals surface area contributed by atoms with Crippen LogP contribution in [0, 0.1) is 0 Å². The van der Waals surface area contributed by atoms with Crippen LogP contribution >= 0.6 is 0 Å². The lowest BCUT2D eigenvalue weighted by molar-refractivity contribution is -0.131. The van der Waals surface area contributed by atoms with Gasteiger partial charge < -0.3 is 20.9 Å². The van der Waals surface area contributed by atoms with Crippen molar-refractivity contribution in [3.8, 4) is 0 Å². The van der Waals surface area contributed by atoms with Gasteiger partial charge in [-0.3, -0.25) is 9.59 Å². The van der Waals surface area contributed by atoms with Crippen LogP contribution in [0.4, 0.5) is 0 Å². The second-order valence-corrected chi connectivity index (χ2v) is 3.92. The van der Waals surface area contributed by atoms with Gasteiger partial charge in [0, 0.05) is 22.7 Å². The Bertz CT molecular complexity index is 605. The molecule has 2 unspecified atom stereocenters. The minimum Gasteiger partial charge on any atom is -0.385 e. The first-order valence-corrected chi connectivity index (χ1v) is 5.27. The zero-order valence-corrected chi connectivity index (χ0v) is 9.33. The molecule has 1 aromatic carbocycles. The molecule has 94 valence electrons. The molecular formula is C12H12N2O4. The van der Waals surface area contributed by atoms with Gasteiger partial charge >= 0.3 is 0 Å². The molecule has 6 heteroatoms. The summed E-state index contributed by atoms with van der Waals surface area (Å²) in [5.41, 5.74) is 6.19. The Hall–Kier alpha value is -2.18. The van der Waals surface area contributed by atoms with Gasteiger partial charge in [0.25, 0.3) is 0 Å². The number of hydrogen-bond acceptors (Lipinski definition) is 4. The van der Waals surface area contributed by atoms with Gasteiger partial charge in [-0.2, -0.15) is 0 Å². The lowest BCUT2D eigenvalue weighted by atomic mass is 9.98. The van der Waals surface area contributed by atoms with E-state index in [1.807, 2.05) is 0 Å². The Balaban J connectivity index is 2.59. The van der Waals surface area contributed by atoms with E-state index in [1.54, 1.807) is 12.1 Å². The molecule has 0 saturated carbocycles. The molecule has 0 aliphatic rings. The Labute approximate surface area is 102 Å². The molecule has 2 atom stereocenters. The van der Waals surface area contributed by atoms with Crippen LogP contribution in [0.15, 0.2) is 24.4 Å². The van der Waals surface area contributed by atoms with Crippen LogP contribution < -0.4 is 5.73 Å². The molecule has 1 aromatic heterocycles. The first kappa shape index (κ1) is 12.3. The van der Waals surface area contributed by atoms with E-state index in [4.69, 9.17) is 5.73 Å². The van der Waals surface area contributed by atoms with E-state index in [0.29, 0.717) is 22.8 Å². The van der Waals surface area contributed by atoms with E-state index in [-0.39, 0.29) is 5.56 Å². The molecule has 0 bridgehead atoms. The van der Waals surface area contributed by atoms with Gasteiger partial charge in [-0.05, 0) is 11.6 Å². The van der Waals surface area contributed by atoms with E-state index in [0.717, 1.165) is 0 Å². The molecule has 0 saturated heterocycles. The monoisotopic (exact) mass is 248 g/mol. The van der Waals surface area contributed by atoms with Crippen LogP contribution in [-0.2, 0) is 4.79 Å². The van der Waals surface area contributed by atoms with Crippen LogP contribution in [0.5, 0.6) is 0 Å². The van der Waals surface area contributed by atoms with Crippen molar-refractivity contribution in [1.82, 2.24) is 4.98 Å². The minimum atomic E-state index is -1.72. The third-order valence-corrected chi connectivity index (χ3v) is 2.80. The Morgan fingerprint density at radius 1 is 1.39 bits per heavy atom. The highest BCUT2D eigenvalue weighted by atomic mass is 16.3. The summed E-state index contributed by atoms with van der Waals surface area (Å²) in [5, 5.41) is 19.9. The third-order valence-electron chi connectivity index (χ3n) is 2.80. The first-order valence-electron chi connectivity index (χ1n) is 5.27. The predicted octanol–water partition coefficient (Wildman–Crippen LogP) is -0.140. The lowest BCUT2D eigenvalue weighted by Gasteiger charge is -2.16. The molecule has 1 amide bonds. The number of aldehydes is 1. The smallest absolute Gasteiger partial charge is 0.249 e. The minimum absolute atomic E-state index is 0.280. The van der Waals surface area contributed by atoms with Crippen LogP contribution in [-0.4, -0.2) is 33.5 Å². The number of primary amides is 1. The third kappa shape index (κ3) is 1.87. The van der Waals surface area contributed by atoms with Gasteiger partial charge in [-0.1, -0.05) is 12.1 Å². The number of H-pyrrole nitrogens is 1. The van der Waals surface area contributed by atoms with Gasteiger partial charge in [-0.25, -0.2) is 0 Å². The number of nitrogens with two attached hydrogens (primary N) is 1. The summed E-state index contributed by atoms with van der Waals surface area (Å²) < 4.78 is 0. The highest BCUT2D eigenvalue weighted by molar-refractivity contribution is 5.99. The standard InChI is InChI=1S/C12H12N2O4/c13-12(18)11(17)10(16)7-2-1-3-8-9(7)6(5-15)4-14-8/h1-5,10-11,14,16-17H,(H2,13,18). The average Bonchev–Trinajstić information content (AvgIpc) is 2.79. The predicted molar refractivity (Wildman–Crippen MR) is 63.8 cm³/mol. The molecule has 0 aliphatic heterocycles. The summed E-state index contributed by atoms with van der Waals surface area (Å²) in [6, 6.07) is 4.88. The summed E-state index contributed by atoms with van der Waals surface area (Å²) in [6.45, 7) is 0. The summed E-state index contributed by atoms with van der Waals surface area (Å²) in [5.74, 6) is -1.03. The number of aliphatic hydroxyl groups excluding tert-OH is 2. The molecule has 2 aromatic rings. The number of rotatable bonds is 4. The number of aromatic nitrogens is 1. The van der Waals surface area contributed by atoms with Crippen molar-refractivity contribution in [2.24, 2.45) is 5.73 Å². The molecule has 0 spiro atoms. The van der Waals surface area contributed by atoms with Crippen molar-refractivity contribution < 1.29 is 19.8 Å². The summed E-state index contributed by atoms with van der Waals surface area (Å²) in [7, 11) is 0. The molecule has 18 heavy (non-hydrogen) atoms. The van der Waals surface area contributed by atoms with Crippen molar-refractivity contribution >= 4 is 23.1 Å². The van der Waals surface area contributed by atoms with Crippen LogP contribution in [0.1, 0.15) is 22.0 Å². The Kier molecular flexibility index (Phi) is 3.14. The van der Waals surface area contributed by atoms with Crippen molar-refractivity contribution in [3.05, 3.63) is 35.5 Å². The fourth-order valence-corrected chi connectivity index (χ4v) is 1.91. The quantitative estimate of drug-likeness (QED) is 0.563. The van der Waals surface area contributed by atoms with E-state index in [9.17, 15) is 19.8 Å². The molecule has 5 N–H and O–H groups in total.